The van der Waals surface area contributed by atoms with Gasteiger partial charge in [0.2, 0.25) is 17.8 Å². The smallest absolute Gasteiger partial charge is 0.355 e. The van der Waals surface area contributed by atoms with Crippen molar-refractivity contribution in [2.45, 2.75) is 24.9 Å². The van der Waals surface area contributed by atoms with Gasteiger partial charge < -0.3 is 16.0 Å². The molecular weight excluding hydrogens is 451 g/mol. The van der Waals surface area contributed by atoms with E-state index in [1.165, 1.54) is 12.1 Å². The number of nitrogens with one attached hydrogen (secondary N) is 4. The number of nitrogens with zero attached hydrogens (tertiary/aromatic N) is 1. The van der Waals surface area contributed by atoms with Gasteiger partial charge in [0, 0.05) is 18.7 Å². The molecule has 176 valence electrons. The summed E-state index contributed by atoms with van der Waals surface area (Å²) >= 11 is 0. The summed E-state index contributed by atoms with van der Waals surface area (Å²) in [4.78, 5) is 44.3. The molecule has 1 aliphatic heterocycles. The van der Waals surface area contributed by atoms with E-state index in [-0.39, 0.29) is 29.4 Å². The number of carbonyl (C=O) groups is 2. The van der Waals surface area contributed by atoms with E-state index < -0.39 is 35.0 Å². The first kappa shape index (κ1) is 23.0. The zero-order valence-corrected chi connectivity index (χ0v) is 17.7. The maximum atomic E-state index is 13.0. The maximum absolute atomic E-state index is 13.0. The van der Waals surface area contributed by atoms with Crippen LogP contribution in [0.3, 0.4) is 0 Å². The predicted molar refractivity (Wildman–Crippen MR) is 119 cm³/mol. The number of anilines is 3. The van der Waals surface area contributed by atoms with Crippen LogP contribution in [-0.4, -0.2) is 28.3 Å². The highest BCUT2D eigenvalue weighted by Gasteiger charge is 2.35. The van der Waals surface area contributed by atoms with Gasteiger partial charge in [0.1, 0.15) is 5.82 Å². The van der Waals surface area contributed by atoms with Crippen molar-refractivity contribution in [2.24, 2.45) is 0 Å². The third kappa shape index (κ3) is 5.25. The minimum atomic E-state index is -4.54. The van der Waals surface area contributed by atoms with Crippen LogP contribution in [0.15, 0.2) is 59.4 Å². The fourth-order valence-corrected chi connectivity index (χ4v) is 3.66. The first-order valence-corrected chi connectivity index (χ1v) is 10.4. The molecule has 0 spiro atoms. The largest absolute Gasteiger partial charge is 0.416 e. The fourth-order valence-electron chi connectivity index (χ4n) is 3.66. The summed E-state index contributed by atoms with van der Waals surface area (Å²) in [5.74, 6) is -2.32. The number of benzene rings is 2. The second-order valence-electron chi connectivity index (χ2n) is 7.71. The van der Waals surface area contributed by atoms with E-state index in [4.69, 9.17) is 0 Å². The number of rotatable bonds is 6. The van der Waals surface area contributed by atoms with Crippen LogP contribution in [0.2, 0.25) is 0 Å². The van der Waals surface area contributed by atoms with Gasteiger partial charge in [-0.15, -0.1) is 0 Å². The molecule has 8 nitrogen and oxygen atoms in total. The van der Waals surface area contributed by atoms with Crippen LogP contribution in [0.1, 0.15) is 29.0 Å². The van der Waals surface area contributed by atoms with E-state index in [1.807, 2.05) is 30.3 Å². The third-order valence-electron chi connectivity index (χ3n) is 5.28. The van der Waals surface area contributed by atoms with Gasteiger partial charge in [-0.2, -0.15) is 18.2 Å². The number of hydrogen-bond acceptors (Lipinski definition) is 5. The molecule has 0 unspecified atom stereocenters. The number of aromatic nitrogens is 2. The average molecular weight is 471 g/mol. The zero-order valence-electron chi connectivity index (χ0n) is 17.7. The van der Waals surface area contributed by atoms with Gasteiger partial charge in [-0.25, -0.2) is 0 Å². The molecule has 11 heteroatoms. The lowest BCUT2D eigenvalue weighted by atomic mass is 9.92. The Bertz CT molecular complexity index is 1270. The summed E-state index contributed by atoms with van der Waals surface area (Å²) in [5.41, 5.74) is -0.503. The highest BCUT2D eigenvalue weighted by molar-refractivity contribution is 6.00. The summed E-state index contributed by atoms with van der Waals surface area (Å²) in [6, 6.07) is 13.8. The van der Waals surface area contributed by atoms with E-state index in [9.17, 15) is 27.6 Å². The van der Waals surface area contributed by atoms with E-state index in [0.29, 0.717) is 13.0 Å². The van der Waals surface area contributed by atoms with Gasteiger partial charge in [-0.05, 0) is 30.2 Å². The van der Waals surface area contributed by atoms with Crippen molar-refractivity contribution in [3.8, 4) is 0 Å². The summed E-state index contributed by atoms with van der Waals surface area (Å²) in [5, 5.41) is 7.80. The monoisotopic (exact) mass is 471 g/mol. The molecule has 1 aromatic heterocycles. The maximum Gasteiger partial charge on any atom is 0.416 e. The Balaban J connectivity index is 1.53. The highest BCUT2D eigenvalue weighted by atomic mass is 19.4. The lowest BCUT2D eigenvalue weighted by molar-refractivity contribution is -0.137. The second kappa shape index (κ2) is 9.38. The Morgan fingerprint density at radius 3 is 2.59 bits per heavy atom. The molecule has 2 amide bonds. The average Bonchev–Trinajstić information content (AvgIpc) is 2.78. The lowest BCUT2D eigenvalue weighted by Crippen LogP contribution is -2.39. The Hall–Kier alpha value is -4.15. The van der Waals surface area contributed by atoms with Crippen LogP contribution >= 0.6 is 0 Å². The Morgan fingerprint density at radius 1 is 1.09 bits per heavy atom. The second-order valence-corrected chi connectivity index (χ2v) is 7.71. The molecule has 1 aliphatic rings. The zero-order chi connectivity index (χ0) is 24.3. The number of carbonyl (C=O) groups excluding carboxylic acids is 2. The Kier molecular flexibility index (Phi) is 6.35. The van der Waals surface area contributed by atoms with Crippen molar-refractivity contribution in [2.75, 3.05) is 17.2 Å². The van der Waals surface area contributed by atoms with Crippen LogP contribution in [-0.2, 0) is 22.2 Å². The van der Waals surface area contributed by atoms with Crippen molar-refractivity contribution >= 4 is 29.3 Å². The van der Waals surface area contributed by atoms with Crippen LogP contribution < -0.4 is 21.5 Å². The molecule has 0 radical (unpaired) electrons. The van der Waals surface area contributed by atoms with Crippen molar-refractivity contribution in [3.63, 3.8) is 0 Å². The Labute approximate surface area is 191 Å². The van der Waals surface area contributed by atoms with E-state index >= 15 is 0 Å². The van der Waals surface area contributed by atoms with Gasteiger partial charge >= 0.3 is 6.18 Å². The number of H-pyrrole nitrogens is 1. The fraction of sp³-hybridized carbons (Fsp3) is 0.217. The summed E-state index contributed by atoms with van der Waals surface area (Å²) in [6.45, 7) is 0.316. The molecule has 2 heterocycles. The van der Waals surface area contributed by atoms with Crippen LogP contribution in [0.4, 0.5) is 30.6 Å². The molecule has 3 aromatic rings. The molecule has 4 N–H and O–H groups in total. The summed E-state index contributed by atoms with van der Waals surface area (Å²) < 4.78 is 38.9. The molecule has 0 saturated carbocycles. The standard InChI is InChI=1S/C23H20F3N5O3/c24-23(25,26)14-7-4-8-15(11-14)28-22-30-19-18(21(34)31-22)16(12-17(32)29-19)20(33)27-10-9-13-5-2-1-3-6-13/h1-8,11,16H,9-10,12H2,(H,27,33)(H3,28,29,30,31,32,34)/t16-/m1/s1. The van der Waals surface area contributed by atoms with E-state index in [0.717, 1.165) is 17.7 Å². The molecule has 4 rings (SSSR count). The van der Waals surface area contributed by atoms with Crippen molar-refractivity contribution in [1.29, 1.82) is 0 Å². The molecule has 0 saturated heterocycles. The number of aromatic amines is 1. The number of amides is 2. The Morgan fingerprint density at radius 2 is 1.85 bits per heavy atom. The van der Waals surface area contributed by atoms with Gasteiger partial charge in [-0.1, -0.05) is 36.4 Å². The van der Waals surface area contributed by atoms with Crippen molar-refractivity contribution < 1.29 is 22.8 Å². The number of hydrogen-bond donors (Lipinski definition) is 4. The number of halogens is 3. The van der Waals surface area contributed by atoms with Gasteiger partial charge in [0.15, 0.2) is 0 Å². The first-order valence-electron chi connectivity index (χ1n) is 10.4. The topological polar surface area (TPSA) is 116 Å². The third-order valence-corrected chi connectivity index (χ3v) is 5.28. The van der Waals surface area contributed by atoms with E-state index in [1.54, 1.807) is 0 Å². The molecule has 34 heavy (non-hydrogen) atoms. The normalized spacial score (nSPS) is 15.3. The molecular formula is C23H20F3N5O3. The van der Waals surface area contributed by atoms with Crippen molar-refractivity contribution in [1.82, 2.24) is 15.3 Å². The quantitative estimate of drug-likeness (QED) is 0.440. The molecule has 2 aromatic carbocycles. The van der Waals surface area contributed by atoms with Crippen LogP contribution in [0, 0.1) is 0 Å². The summed E-state index contributed by atoms with van der Waals surface area (Å²) in [7, 11) is 0. The summed E-state index contributed by atoms with van der Waals surface area (Å²) in [6.07, 6.45) is -4.19. The lowest BCUT2D eigenvalue weighted by Gasteiger charge is -2.23. The van der Waals surface area contributed by atoms with Crippen molar-refractivity contribution in [3.05, 3.63) is 81.6 Å². The van der Waals surface area contributed by atoms with Gasteiger partial charge in [0.05, 0.1) is 17.0 Å². The van der Waals surface area contributed by atoms with Gasteiger partial charge in [0.25, 0.3) is 5.56 Å². The van der Waals surface area contributed by atoms with Gasteiger partial charge in [-0.3, -0.25) is 19.4 Å². The number of fused-ring (bicyclic) bond motifs is 1. The van der Waals surface area contributed by atoms with Crippen LogP contribution in [0.25, 0.3) is 0 Å². The number of alkyl halides is 3. The predicted octanol–water partition coefficient (Wildman–Crippen LogP) is 3.32. The SMILES string of the molecule is O=C1C[C@@H](C(=O)NCCc2ccccc2)c2c(nc(Nc3cccc(C(F)(F)F)c3)[nH]c2=O)N1. The first-order chi connectivity index (χ1) is 16.2. The minimum Gasteiger partial charge on any atom is -0.355 e. The molecule has 1 atom stereocenters. The minimum absolute atomic E-state index is 0.00796. The molecule has 0 fully saturated rings. The van der Waals surface area contributed by atoms with E-state index in [2.05, 4.69) is 25.9 Å². The molecule has 0 aliphatic carbocycles. The molecule has 0 bridgehead atoms. The van der Waals surface area contributed by atoms with Crippen LogP contribution in [0.5, 0.6) is 0 Å². The highest BCUT2D eigenvalue weighted by Crippen LogP contribution is 2.32.